The van der Waals surface area contributed by atoms with Gasteiger partial charge in [0.1, 0.15) is 22.9 Å². The number of nitrogens with one attached hydrogen (secondary N) is 2. The lowest BCUT2D eigenvalue weighted by Gasteiger charge is -2.24. The van der Waals surface area contributed by atoms with E-state index in [0.717, 1.165) is 46.8 Å². The Morgan fingerprint density at radius 1 is 1.05 bits per heavy atom. The molecule has 1 aliphatic carbocycles. The van der Waals surface area contributed by atoms with Crippen LogP contribution in [-0.4, -0.2) is 39.5 Å². The minimum absolute atomic E-state index is 0.211. The Morgan fingerprint density at radius 3 is 2.44 bits per heavy atom. The smallest absolute Gasteiger partial charge is 0.305 e. The van der Waals surface area contributed by atoms with Crippen molar-refractivity contribution in [2.75, 3.05) is 12.4 Å². The molecule has 8 nitrogen and oxygen atoms in total. The molecule has 4 aromatic rings. The van der Waals surface area contributed by atoms with E-state index in [0.29, 0.717) is 17.3 Å². The van der Waals surface area contributed by atoms with Crippen molar-refractivity contribution in [3.8, 4) is 17.0 Å². The van der Waals surface area contributed by atoms with Gasteiger partial charge in [0.25, 0.3) is 5.91 Å². The van der Waals surface area contributed by atoms with E-state index in [1.54, 1.807) is 19.2 Å². The number of carbonyl (C=O) groups is 2. The number of carboxylic acid groups (broad SMARTS) is 1. The van der Waals surface area contributed by atoms with Crippen LogP contribution in [-0.2, 0) is 4.79 Å². The summed E-state index contributed by atoms with van der Waals surface area (Å²) in [4.78, 5) is 29.8. The lowest BCUT2D eigenvalue weighted by Crippen LogP contribution is -2.30. The van der Waals surface area contributed by atoms with Gasteiger partial charge in [-0.15, -0.1) is 0 Å². The number of anilines is 1. The number of benzene rings is 2. The number of aromatic nitrogens is 2. The highest BCUT2D eigenvalue weighted by atomic mass is 16.5. The number of rotatable bonds is 9. The fraction of sp³-hybridized carbons (Fsp3) is 0.323. The maximum atomic E-state index is 13.3. The summed E-state index contributed by atoms with van der Waals surface area (Å²) < 4.78 is 7.31. The zero-order valence-electron chi connectivity index (χ0n) is 22.3. The number of methoxy groups -OCH3 is 1. The van der Waals surface area contributed by atoms with Gasteiger partial charge in [0.15, 0.2) is 0 Å². The van der Waals surface area contributed by atoms with Crippen LogP contribution >= 0.6 is 0 Å². The van der Waals surface area contributed by atoms with E-state index in [9.17, 15) is 14.7 Å². The fourth-order valence-corrected chi connectivity index (χ4v) is 5.18. The quantitative estimate of drug-likeness (QED) is 0.247. The monoisotopic (exact) mass is 526 g/mol. The summed E-state index contributed by atoms with van der Waals surface area (Å²) in [6, 6.07) is 18.5. The molecule has 0 radical (unpaired) electrons. The average molecular weight is 527 g/mol. The molecule has 1 atom stereocenters. The number of carbonyl (C=O) groups excluding carboxylic acids is 1. The Bertz CT molecular complexity index is 1450. The number of nitrogens with zero attached hydrogens (tertiary/aromatic N) is 2. The summed E-state index contributed by atoms with van der Waals surface area (Å²) >= 11 is 0. The maximum Gasteiger partial charge on any atom is 0.305 e. The molecule has 8 heteroatoms. The van der Waals surface area contributed by atoms with E-state index in [1.165, 1.54) is 19.3 Å². The first-order valence-corrected chi connectivity index (χ1v) is 13.4. The Labute approximate surface area is 228 Å². The third-order valence-electron chi connectivity index (χ3n) is 7.36. The summed E-state index contributed by atoms with van der Waals surface area (Å²) in [5.41, 5.74) is 4.62. The molecule has 1 aliphatic rings. The van der Waals surface area contributed by atoms with Crippen LogP contribution < -0.4 is 15.4 Å². The lowest BCUT2D eigenvalue weighted by molar-refractivity contribution is -0.137. The number of carboxylic acids is 1. The van der Waals surface area contributed by atoms with Gasteiger partial charge in [-0.3, -0.25) is 14.0 Å². The van der Waals surface area contributed by atoms with E-state index in [-0.39, 0.29) is 12.3 Å². The second-order valence-corrected chi connectivity index (χ2v) is 10.2. The highest BCUT2D eigenvalue weighted by Crippen LogP contribution is 2.33. The van der Waals surface area contributed by atoms with Crippen LogP contribution in [0.3, 0.4) is 0 Å². The second kappa shape index (κ2) is 11.6. The SMILES string of the molecule is COc1ccc(-c2nc3cc(C(=O)NC(CC(=O)O)c4ccc(C)cc4)ccn3c2NC2CCCCC2)cc1. The third-order valence-corrected chi connectivity index (χ3v) is 7.36. The molecular weight excluding hydrogens is 492 g/mol. The number of aryl methyl sites for hydroxylation is 1. The number of pyridine rings is 1. The number of hydrogen-bond acceptors (Lipinski definition) is 5. The molecule has 0 aliphatic heterocycles. The van der Waals surface area contributed by atoms with Crippen LogP contribution in [0, 0.1) is 6.92 Å². The zero-order chi connectivity index (χ0) is 27.4. The maximum absolute atomic E-state index is 13.3. The Balaban J connectivity index is 1.47. The van der Waals surface area contributed by atoms with Crippen molar-refractivity contribution >= 4 is 23.3 Å². The summed E-state index contributed by atoms with van der Waals surface area (Å²) in [7, 11) is 1.64. The highest BCUT2D eigenvalue weighted by molar-refractivity contribution is 5.96. The van der Waals surface area contributed by atoms with E-state index in [2.05, 4.69) is 10.6 Å². The molecule has 2 heterocycles. The van der Waals surface area contributed by atoms with Crippen molar-refractivity contribution in [3.63, 3.8) is 0 Å². The second-order valence-electron chi connectivity index (χ2n) is 10.2. The third kappa shape index (κ3) is 6.06. The van der Waals surface area contributed by atoms with Gasteiger partial charge < -0.3 is 20.5 Å². The molecule has 202 valence electrons. The minimum Gasteiger partial charge on any atom is -0.497 e. The summed E-state index contributed by atoms with van der Waals surface area (Å²) in [6.07, 6.45) is 7.54. The van der Waals surface area contributed by atoms with Gasteiger partial charge >= 0.3 is 5.97 Å². The number of aliphatic carboxylic acids is 1. The van der Waals surface area contributed by atoms with Gasteiger partial charge in [-0.25, -0.2) is 4.98 Å². The van der Waals surface area contributed by atoms with Crippen LogP contribution in [0.5, 0.6) is 5.75 Å². The van der Waals surface area contributed by atoms with Crippen molar-refractivity contribution in [2.45, 2.75) is 57.5 Å². The average Bonchev–Trinajstić information content (AvgIpc) is 3.30. The molecule has 0 bridgehead atoms. The van der Waals surface area contributed by atoms with Crippen LogP contribution in [0.4, 0.5) is 5.82 Å². The molecule has 1 saturated carbocycles. The van der Waals surface area contributed by atoms with Gasteiger partial charge in [0, 0.05) is 23.4 Å². The minimum atomic E-state index is -0.979. The molecule has 0 spiro atoms. The van der Waals surface area contributed by atoms with Gasteiger partial charge in [-0.2, -0.15) is 0 Å². The number of fused-ring (bicyclic) bond motifs is 1. The molecule has 39 heavy (non-hydrogen) atoms. The van der Waals surface area contributed by atoms with Gasteiger partial charge in [0.05, 0.1) is 19.6 Å². The normalized spacial score (nSPS) is 14.6. The van der Waals surface area contributed by atoms with Gasteiger partial charge in [0.2, 0.25) is 0 Å². The molecule has 1 amide bonds. The van der Waals surface area contributed by atoms with E-state index in [1.807, 2.05) is 66.1 Å². The molecular formula is C31H34N4O4. The van der Waals surface area contributed by atoms with E-state index in [4.69, 9.17) is 9.72 Å². The Morgan fingerprint density at radius 2 is 1.77 bits per heavy atom. The van der Waals surface area contributed by atoms with Crippen LogP contribution in [0.2, 0.25) is 0 Å². The fourth-order valence-electron chi connectivity index (χ4n) is 5.18. The Hall–Kier alpha value is -4.33. The molecule has 1 unspecified atom stereocenters. The molecule has 2 aromatic heterocycles. The number of amides is 1. The van der Waals surface area contributed by atoms with E-state index < -0.39 is 12.0 Å². The summed E-state index contributed by atoms with van der Waals surface area (Å²) in [5.74, 6) is 0.345. The molecule has 3 N–H and O–H groups in total. The van der Waals surface area contributed by atoms with Gasteiger partial charge in [-0.1, -0.05) is 49.1 Å². The topological polar surface area (TPSA) is 105 Å². The summed E-state index contributed by atoms with van der Waals surface area (Å²) in [5, 5.41) is 16.1. The summed E-state index contributed by atoms with van der Waals surface area (Å²) in [6.45, 7) is 1.96. The largest absolute Gasteiger partial charge is 0.497 e. The molecule has 2 aromatic carbocycles. The molecule has 0 saturated heterocycles. The van der Waals surface area contributed by atoms with Crippen LogP contribution in [0.15, 0.2) is 66.9 Å². The first kappa shape index (κ1) is 26.3. The van der Waals surface area contributed by atoms with Crippen molar-refractivity contribution in [3.05, 3.63) is 83.6 Å². The van der Waals surface area contributed by atoms with Crippen molar-refractivity contribution in [1.29, 1.82) is 0 Å². The van der Waals surface area contributed by atoms with Crippen molar-refractivity contribution < 1.29 is 19.4 Å². The number of hydrogen-bond donors (Lipinski definition) is 3. The van der Waals surface area contributed by atoms with Crippen LogP contribution in [0.25, 0.3) is 16.9 Å². The van der Waals surface area contributed by atoms with Crippen molar-refractivity contribution in [2.24, 2.45) is 0 Å². The Kier molecular flexibility index (Phi) is 7.81. The number of imidazole rings is 1. The standard InChI is InChI=1S/C31H34N4O4/c1-20-8-10-21(11-9-20)26(19-28(36)37)33-31(38)23-16-17-35-27(18-23)34-29(22-12-14-25(39-2)15-13-22)30(35)32-24-6-4-3-5-7-24/h8-18,24,26,32H,3-7,19H2,1-2H3,(H,33,38)(H,36,37). The predicted molar refractivity (Wildman–Crippen MR) is 151 cm³/mol. The predicted octanol–water partition coefficient (Wildman–Crippen LogP) is 6.01. The zero-order valence-corrected chi connectivity index (χ0v) is 22.3. The first-order valence-electron chi connectivity index (χ1n) is 13.4. The van der Waals surface area contributed by atoms with Crippen molar-refractivity contribution in [1.82, 2.24) is 14.7 Å². The van der Waals surface area contributed by atoms with E-state index >= 15 is 0 Å². The number of ether oxygens (including phenoxy) is 1. The lowest BCUT2D eigenvalue weighted by atomic mass is 9.95. The molecule has 1 fully saturated rings. The van der Waals surface area contributed by atoms with Crippen LogP contribution in [0.1, 0.15) is 66.1 Å². The molecule has 5 rings (SSSR count). The van der Waals surface area contributed by atoms with Gasteiger partial charge in [-0.05, 0) is 61.7 Å². The highest BCUT2D eigenvalue weighted by Gasteiger charge is 2.22. The first-order chi connectivity index (χ1) is 18.9.